The van der Waals surface area contributed by atoms with E-state index in [2.05, 4.69) is 9.55 Å². The highest BCUT2D eigenvalue weighted by Gasteiger charge is 2.05. The van der Waals surface area contributed by atoms with E-state index >= 15 is 0 Å². The second-order valence-corrected chi connectivity index (χ2v) is 3.85. The molecule has 0 bridgehead atoms. The SMILES string of the molecule is COCCCCCn1cncc1[C@H](C)N. The Morgan fingerprint density at radius 3 is 2.93 bits per heavy atom. The van der Waals surface area contributed by atoms with E-state index < -0.39 is 0 Å². The zero-order valence-corrected chi connectivity index (χ0v) is 9.65. The second-order valence-electron chi connectivity index (χ2n) is 3.85. The van der Waals surface area contributed by atoms with E-state index in [1.54, 1.807) is 7.11 Å². The first-order valence-electron chi connectivity index (χ1n) is 5.50. The number of nitrogens with two attached hydrogens (primary N) is 1. The maximum absolute atomic E-state index is 5.83. The zero-order valence-electron chi connectivity index (χ0n) is 9.65. The molecule has 4 heteroatoms. The van der Waals surface area contributed by atoms with Crippen LogP contribution in [0.25, 0.3) is 0 Å². The lowest BCUT2D eigenvalue weighted by Crippen LogP contribution is -2.11. The van der Waals surface area contributed by atoms with Crippen LogP contribution in [-0.4, -0.2) is 23.3 Å². The third-order valence-electron chi connectivity index (χ3n) is 2.46. The Bertz CT molecular complexity index is 271. The fourth-order valence-electron chi connectivity index (χ4n) is 1.60. The summed E-state index contributed by atoms with van der Waals surface area (Å²) < 4.78 is 7.14. The number of hydrogen-bond donors (Lipinski definition) is 1. The standard InChI is InChI=1S/C11H21N3O/c1-10(12)11-8-13-9-14(11)6-4-3-5-7-15-2/h8-10H,3-7,12H2,1-2H3/t10-/m0/s1. The molecule has 0 aliphatic rings. The van der Waals surface area contributed by atoms with Gasteiger partial charge in [-0.2, -0.15) is 0 Å². The Morgan fingerprint density at radius 2 is 2.27 bits per heavy atom. The van der Waals surface area contributed by atoms with Crippen LogP contribution < -0.4 is 5.73 Å². The first-order valence-corrected chi connectivity index (χ1v) is 5.50. The molecule has 0 unspecified atom stereocenters. The Hall–Kier alpha value is -0.870. The summed E-state index contributed by atoms with van der Waals surface area (Å²) in [6, 6.07) is 0.0616. The van der Waals surface area contributed by atoms with Crippen molar-refractivity contribution in [1.29, 1.82) is 0 Å². The molecule has 0 saturated carbocycles. The lowest BCUT2D eigenvalue weighted by molar-refractivity contribution is 0.191. The minimum Gasteiger partial charge on any atom is -0.385 e. The molecular weight excluding hydrogens is 190 g/mol. The minimum absolute atomic E-state index is 0.0616. The van der Waals surface area contributed by atoms with Crippen LogP contribution in [0.15, 0.2) is 12.5 Å². The topological polar surface area (TPSA) is 53.1 Å². The third kappa shape index (κ3) is 4.01. The smallest absolute Gasteiger partial charge is 0.0948 e. The monoisotopic (exact) mass is 211 g/mol. The molecule has 0 radical (unpaired) electrons. The van der Waals surface area contributed by atoms with Crippen molar-refractivity contribution in [3.8, 4) is 0 Å². The Morgan fingerprint density at radius 1 is 1.47 bits per heavy atom. The van der Waals surface area contributed by atoms with Gasteiger partial charge in [0.15, 0.2) is 0 Å². The van der Waals surface area contributed by atoms with E-state index in [9.17, 15) is 0 Å². The zero-order chi connectivity index (χ0) is 11.1. The van der Waals surface area contributed by atoms with E-state index in [1.165, 1.54) is 6.42 Å². The van der Waals surface area contributed by atoms with Gasteiger partial charge in [-0.05, 0) is 26.2 Å². The van der Waals surface area contributed by atoms with E-state index in [1.807, 2.05) is 19.4 Å². The van der Waals surface area contributed by atoms with Crippen LogP contribution in [0.1, 0.15) is 37.9 Å². The van der Waals surface area contributed by atoms with Gasteiger partial charge in [0.2, 0.25) is 0 Å². The summed E-state index contributed by atoms with van der Waals surface area (Å²) >= 11 is 0. The van der Waals surface area contributed by atoms with Gasteiger partial charge in [-0.3, -0.25) is 0 Å². The maximum Gasteiger partial charge on any atom is 0.0948 e. The summed E-state index contributed by atoms with van der Waals surface area (Å²) in [7, 11) is 1.74. The average molecular weight is 211 g/mol. The summed E-state index contributed by atoms with van der Waals surface area (Å²) in [5.74, 6) is 0. The molecule has 0 spiro atoms. The Balaban J connectivity index is 2.28. The molecule has 1 rings (SSSR count). The number of rotatable bonds is 7. The van der Waals surface area contributed by atoms with Crippen LogP contribution in [-0.2, 0) is 11.3 Å². The van der Waals surface area contributed by atoms with Gasteiger partial charge in [0.25, 0.3) is 0 Å². The number of nitrogens with zero attached hydrogens (tertiary/aromatic N) is 2. The highest BCUT2D eigenvalue weighted by Crippen LogP contribution is 2.10. The summed E-state index contributed by atoms with van der Waals surface area (Å²) in [5, 5.41) is 0. The lowest BCUT2D eigenvalue weighted by Gasteiger charge is -2.10. The van der Waals surface area contributed by atoms with Crippen LogP contribution >= 0.6 is 0 Å². The van der Waals surface area contributed by atoms with Crippen molar-refractivity contribution in [2.45, 2.75) is 38.8 Å². The van der Waals surface area contributed by atoms with Gasteiger partial charge in [-0.15, -0.1) is 0 Å². The number of imidazole rings is 1. The molecule has 86 valence electrons. The predicted octanol–water partition coefficient (Wildman–Crippen LogP) is 1.72. The molecule has 0 saturated heterocycles. The van der Waals surface area contributed by atoms with Crippen molar-refractivity contribution in [1.82, 2.24) is 9.55 Å². The normalized spacial score (nSPS) is 13.0. The van der Waals surface area contributed by atoms with Crippen LogP contribution in [0.2, 0.25) is 0 Å². The molecule has 15 heavy (non-hydrogen) atoms. The predicted molar refractivity (Wildman–Crippen MR) is 60.6 cm³/mol. The van der Waals surface area contributed by atoms with Crippen molar-refractivity contribution in [2.24, 2.45) is 5.73 Å². The highest BCUT2D eigenvalue weighted by molar-refractivity contribution is 5.02. The summed E-state index contributed by atoms with van der Waals surface area (Å²) in [5.41, 5.74) is 6.94. The van der Waals surface area contributed by atoms with Crippen LogP contribution in [0.3, 0.4) is 0 Å². The van der Waals surface area contributed by atoms with Gasteiger partial charge in [0.05, 0.1) is 12.0 Å². The Kier molecular flexibility index (Phi) is 5.36. The molecule has 4 nitrogen and oxygen atoms in total. The second kappa shape index (κ2) is 6.58. The molecule has 0 amide bonds. The molecule has 0 aliphatic heterocycles. The quantitative estimate of drug-likeness (QED) is 0.699. The largest absolute Gasteiger partial charge is 0.385 e. The third-order valence-corrected chi connectivity index (χ3v) is 2.46. The molecule has 1 aromatic rings. The number of ether oxygens (including phenoxy) is 1. The first kappa shape index (κ1) is 12.2. The number of methoxy groups -OCH3 is 1. The number of unbranched alkanes of at least 4 members (excludes halogenated alkanes) is 2. The van der Waals surface area contributed by atoms with Crippen LogP contribution in [0.5, 0.6) is 0 Å². The van der Waals surface area contributed by atoms with E-state index in [-0.39, 0.29) is 6.04 Å². The van der Waals surface area contributed by atoms with Gasteiger partial charge in [0.1, 0.15) is 0 Å². The van der Waals surface area contributed by atoms with Crippen molar-refractivity contribution < 1.29 is 4.74 Å². The van der Waals surface area contributed by atoms with Gasteiger partial charge in [-0.1, -0.05) is 0 Å². The van der Waals surface area contributed by atoms with Gasteiger partial charge >= 0.3 is 0 Å². The number of aryl methyl sites for hydroxylation is 1. The van der Waals surface area contributed by atoms with Gasteiger partial charge in [0, 0.05) is 32.5 Å². The van der Waals surface area contributed by atoms with Crippen LogP contribution in [0.4, 0.5) is 0 Å². The molecule has 1 heterocycles. The van der Waals surface area contributed by atoms with E-state index in [0.29, 0.717) is 0 Å². The molecule has 0 aromatic carbocycles. The van der Waals surface area contributed by atoms with Crippen molar-refractivity contribution in [2.75, 3.05) is 13.7 Å². The summed E-state index contributed by atoms with van der Waals surface area (Å²) in [6.07, 6.45) is 7.16. The molecule has 0 aliphatic carbocycles. The van der Waals surface area contributed by atoms with Gasteiger partial charge in [-0.25, -0.2) is 4.98 Å². The van der Waals surface area contributed by atoms with Crippen molar-refractivity contribution in [3.05, 3.63) is 18.2 Å². The molecular formula is C11H21N3O. The van der Waals surface area contributed by atoms with Gasteiger partial charge < -0.3 is 15.0 Å². The molecule has 0 fully saturated rings. The summed E-state index contributed by atoms with van der Waals surface area (Å²) in [6.45, 7) is 3.84. The molecule has 1 aromatic heterocycles. The van der Waals surface area contributed by atoms with E-state index in [0.717, 1.165) is 31.7 Å². The number of hydrogen-bond acceptors (Lipinski definition) is 3. The number of aromatic nitrogens is 2. The van der Waals surface area contributed by atoms with E-state index in [4.69, 9.17) is 10.5 Å². The summed E-state index contributed by atoms with van der Waals surface area (Å²) in [4.78, 5) is 4.12. The lowest BCUT2D eigenvalue weighted by atomic mass is 10.2. The maximum atomic E-state index is 5.83. The Labute approximate surface area is 91.4 Å². The fourth-order valence-corrected chi connectivity index (χ4v) is 1.60. The van der Waals surface area contributed by atoms with Crippen LogP contribution in [0, 0.1) is 0 Å². The van der Waals surface area contributed by atoms with Crippen molar-refractivity contribution >= 4 is 0 Å². The molecule has 1 atom stereocenters. The average Bonchev–Trinajstić information content (AvgIpc) is 2.66. The first-order chi connectivity index (χ1) is 7.25. The molecule has 2 N–H and O–H groups in total. The minimum atomic E-state index is 0.0616. The fraction of sp³-hybridized carbons (Fsp3) is 0.727. The van der Waals surface area contributed by atoms with Crippen molar-refractivity contribution in [3.63, 3.8) is 0 Å². The highest BCUT2D eigenvalue weighted by atomic mass is 16.5.